The molecule has 0 fully saturated rings. The van der Waals surface area contributed by atoms with Gasteiger partial charge in [-0.3, -0.25) is 0 Å². The highest BCUT2D eigenvalue weighted by Crippen LogP contribution is 2.29. The van der Waals surface area contributed by atoms with Crippen LogP contribution in [-0.4, -0.2) is 21.3 Å². The minimum Gasteiger partial charge on any atom is -0.492 e. The maximum absolute atomic E-state index is 12.1. The van der Waals surface area contributed by atoms with Crippen LogP contribution in [0, 0.1) is 0 Å². The van der Waals surface area contributed by atoms with E-state index < -0.39 is 11.0 Å². The van der Waals surface area contributed by atoms with Crippen LogP contribution in [0.1, 0.15) is 32.8 Å². The van der Waals surface area contributed by atoms with E-state index >= 15 is 0 Å². The molecular weight excluding hydrogens is 270 g/mol. The Labute approximate surface area is 115 Å². The molecule has 0 bridgehead atoms. The zero-order valence-electron chi connectivity index (χ0n) is 10.7. The lowest BCUT2D eigenvalue weighted by Gasteiger charge is -2.21. The number of hydrogen-bond acceptors (Lipinski definition) is 2. The fourth-order valence-corrected chi connectivity index (χ4v) is 2.41. The Balaban J connectivity index is 2.41. The van der Waals surface area contributed by atoms with Gasteiger partial charge >= 0.3 is 0 Å². The van der Waals surface area contributed by atoms with E-state index in [0.29, 0.717) is 18.1 Å². The highest BCUT2D eigenvalue weighted by atomic mass is 35.5. The van der Waals surface area contributed by atoms with Gasteiger partial charge in [-0.1, -0.05) is 11.6 Å². The van der Waals surface area contributed by atoms with Crippen molar-refractivity contribution >= 4 is 28.3 Å². The molecule has 18 heavy (non-hydrogen) atoms. The van der Waals surface area contributed by atoms with Crippen LogP contribution >= 0.6 is 11.6 Å². The largest absolute Gasteiger partial charge is 0.492 e. The van der Waals surface area contributed by atoms with Gasteiger partial charge in [0.25, 0.3) is 0 Å². The van der Waals surface area contributed by atoms with Crippen LogP contribution in [0.2, 0.25) is 5.02 Å². The number of rotatable bonds is 1. The molecule has 0 radical (unpaired) electrons. The summed E-state index contributed by atoms with van der Waals surface area (Å²) < 4.78 is 21.6. The number of halogens is 1. The molecule has 0 aromatic heterocycles. The molecule has 1 aliphatic heterocycles. The second-order valence-electron chi connectivity index (χ2n) is 5.14. The highest BCUT2D eigenvalue weighted by Gasteiger charge is 2.23. The van der Waals surface area contributed by atoms with Crippen LogP contribution in [0.25, 0.3) is 0 Å². The molecule has 0 aliphatic carbocycles. The molecule has 1 atom stereocenters. The molecular formula is C13H16ClNO2S. The van der Waals surface area contributed by atoms with E-state index in [0.717, 1.165) is 17.0 Å². The molecule has 0 amide bonds. The standard InChI is InChI=1S/C13H16ClNO2S/c1-13(2,3)18(16)15-11-6-7-17-12-5-4-9(14)8-10(11)12/h4-5,8H,6-7H2,1-3H3. The average molecular weight is 286 g/mol. The Kier molecular flexibility index (Phi) is 3.78. The van der Waals surface area contributed by atoms with Crippen molar-refractivity contribution < 1.29 is 8.95 Å². The quantitative estimate of drug-likeness (QED) is 0.793. The minimum atomic E-state index is -1.26. The molecule has 1 unspecified atom stereocenters. The van der Waals surface area contributed by atoms with Gasteiger partial charge in [0.15, 0.2) is 0 Å². The van der Waals surface area contributed by atoms with E-state index in [9.17, 15) is 4.21 Å². The van der Waals surface area contributed by atoms with Crippen molar-refractivity contribution in [2.24, 2.45) is 4.40 Å². The van der Waals surface area contributed by atoms with Crippen molar-refractivity contribution in [3.63, 3.8) is 0 Å². The van der Waals surface area contributed by atoms with Crippen molar-refractivity contribution in [3.8, 4) is 5.75 Å². The summed E-state index contributed by atoms with van der Waals surface area (Å²) in [6.45, 7) is 6.29. The lowest BCUT2D eigenvalue weighted by molar-refractivity contribution is 0.320. The van der Waals surface area contributed by atoms with Gasteiger partial charge in [0.05, 0.1) is 17.1 Å². The zero-order valence-corrected chi connectivity index (χ0v) is 12.3. The number of ether oxygens (including phenoxy) is 1. The summed E-state index contributed by atoms with van der Waals surface area (Å²) in [5.74, 6) is 0.760. The third-order valence-electron chi connectivity index (χ3n) is 2.57. The van der Waals surface area contributed by atoms with Crippen LogP contribution in [0.4, 0.5) is 0 Å². The number of nitrogens with zero attached hydrogens (tertiary/aromatic N) is 1. The highest BCUT2D eigenvalue weighted by molar-refractivity contribution is 7.85. The number of benzene rings is 1. The van der Waals surface area contributed by atoms with E-state index in [2.05, 4.69) is 4.40 Å². The summed E-state index contributed by atoms with van der Waals surface area (Å²) in [7, 11) is -1.26. The van der Waals surface area contributed by atoms with Crippen molar-refractivity contribution in [1.82, 2.24) is 0 Å². The van der Waals surface area contributed by atoms with E-state index in [4.69, 9.17) is 16.3 Å². The Morgan fingerprint density at radius 1 is 1.39 bits per heavy atom. The maximum Gasteiger partial charge on any atom is 0.145 e. The summed E-state index contributed by atoms with van der Waals surface area (Å²) in [4.78, 5) is 0. The second-order valence-corrected chi connectivity index (χ2v) is 7.48. The van der Waals surface area contributed by atoms with Crippen LogP contribution in [0.15, 0.2) is 22.6 Å². The number of hydrogen-bond donors (Lipinski definition) is 0. The normalized spacial score (nSPS) is 19.2. The SMILES string of the molecule is CC(C)(C)S(=O)N=C1CCOc2ccc(Cl)cc21. The lowest BCUT2D eigenvalue weighted by Crippen LogP contribution is -2.23. The summed E-state index contributed by atoms with van der Waals surface area (Å²) in [6.07, 6.45) is 0.662. The fourth-order valence-electron chi connectivity index (χ4n) is 1.58. The molecule has 0 saturated heterocycles. The minimum absolute atomic E-state index is 0.357. The summed E-state index contributed by atoms with van der Waals surface area (Å²) in [5, 5.41) is 0.633. The summed E-state index contributed by atoms with van der Waals surface area (Å²) >= 11 is 5.98. The molecule has 0 saturated carbocycles. The van der Waals surface area contributed by atoms with Gasteiger partial charge in [0.2, 0.25) is 0 Å². The molecule has 1 aliphatic rings. The monoisotopic (exact) mass is 285 g/mol. The fraction of sp³-hybridized carbons (Fsp3) is 0.462. The molecule has 1 heterocycles. The van der Waals surface area contributed by atoms with Crippen molar-refractivity contribution in [3.05, 3.63) is 28.8 Å². The van der Waals surface area contributed by atoms with Crippen LogP contribution in [0.3, 0.4) is 0 Å². The third kappa shape index (κ3) is 2.93. The first-order chi connectivity index (χ1) is 8.38. The van der Waals surface area contributed by atoms with Gasteiger partial charge in [-0.05, 0) is 39.0 Å². The van der Waals surface area contributed by atoms with Gasteiger partial charge in [0, 0.05) is 17.0 Å². The Morgan fingerprint density at radius 2 is 2.11 bits per heavy atom. The zero-order chi connectivity index (χ0) is 13.3. The molecule has 3 nitrogen and oxygen atoms in total. The van der Waals surface area contributed by atoms with Gasteiger partial charge in [-0.2, -0.15) is 4.40 Å². The van der Waals surface area contributed by atoms with Gasteiger partial charge in [0.1, 0.15) is 16.7 Å². The molecule has 5 heteroatoms. The second kappa shape index (κ2) is 5.02. The van der Waals surface area contributed by atoms with E-state index in [1.807, 2.05) is 32.9 Å². The predicted octanol–water partition coefficient (Wildman–Crippen LogP) is 3.37. The first-order valence-electron chi connectivity index (χ1n) is 5.80. The first kappa shape index (κ1) is 13.6. The molecule has 1 aromatic rings. The lowest BCUT2D eigenvalue weighted by atomic mass is 10.0. The topological polar surface area (TPSA) is 38.7 Å². The van der Waals surface area contributed by atoms with E-state index in [-0.39, 0.29) is 4.75 Å². The number of fused-ring (bicyclic) bond motifs is 1. The van der Waals surface area contributed by atoms with Gasteiger partial charge < -0.3 is 4.74 Å². The van der Waals surface area contributed by atoms with Crippen LogP contribution in [0.5, 0.6) is 5.75 Å². The molecule has 2 rings (SSSR count). The van der Waals surface area contributed by atoms with Crippen LogP contribution < -0.4 is 4.74 Å². The van der Waals surface area contributed by atoms with Crippen molar-refractivity contribution in [1.29, 1.82) is 0 Å². The molecule has 98 valence electrons. The van der Waals surface area contributed by atoms with Gasteiger partial charge in [-0.15, -0.1) is 0 Å². The Morgan fingerprint density at radius 3 is 2.78 bits per heavy atom. The summed E-state index contributed by atoms with van der Waals surface area (Å²) in [6, 6.07) is 5.42. The smallest absolute Gasteiger partial charge is 0.145 e. The van der Waals surface area contributed by atoms with Crippen LogP contribution in [-0.2, 0) is 11.0 Å². The summed E-state index contributed by atoms with van der Waals surface area (Å²) in [5.41, 5.74) is 1.67. The molecule has 0 spiro atoms. The molecule has 1 aromatic carbocycles. The van der Waals surface area contributed by atoms with Crippen molar-refractivity contribution in [2.75, 3.05) is 6.61 Å². The van der Waals surface area contributed by atoms with Gasteiger partial charge in [-0.25, -0.2) is 4.21 Å². The molecule has 0 N–H and O–H groups in total. The Hall–Kier alpha value is -0.870. The average Bonchev–Trinajstić information content (AvgIpc) is 2.28. The van der Waals surface area contributed by atoms with E-state index in [1.54, 1.807) is 6.07 Å². The first-order valence-corrected chi connectivity index (χ1v) is 7.29. The van der Waals surface area contributed by atoms with Crippen molar-refractivity contribution in [2.45, 2.75) is 31.9 Å². The third-order valence-corrected chi connectivity index (χ3v) is 4.23. The van der Waals surface area contributed by atoms with E-state index in [1.165, 1.54) is 0 Å². The maximum atomic E-state index is 12.1. The Bertz CT molecular complexity index is 520. The predicted molar refractivity (Wildman–Crippen MR) is 76.0 cm³/mol.